The van der Waals surface area contributed by atoms with Gasteiger partial charge in [0.15, 0.2) is 11.5 Å². The van der Waals surface area contributed by atoms with Crippen LogP contribution in [0.1, 0.15) is 44.1 Å². The van der Waals surface area contributed by atoms with E-state index in [4.69, 9.17) is 15.2 Å². The molecule has 19 heavy (non-hydrogen) atoms. The van der Waals surface area contributed by atoms with Gasteiger partial charge in [-0.2, -0.15) is 0 Å². The van der Waals surface area contributed by atoms with Gasteiger partial charge in [-0.05, 0) is 48.8 Å². The number of ether oxygens (including phenoxy) is 2. The molecule has 3 heteroatoms. The largest absolute Gasteiger partial charge is 0.490 e. The lowest BCUT2D eigenvalue weighted by atomic mass is 9.76. The second-order valence-corrected chi connectivity index (χ2v) is 5.95. The van der Waals surface area contributed by atoms with Gasteiger partial charge in [-0.3, -0.25) is 0 Å². The van der Waals surface area contributed by atoms with E-state index in [9.17, 15) is 0 Å². The Bertz CT molecular complexity index is 446. The Kier molecular flexibility index (Phi) is 3.65. The van der Waals surface area contributed by atoms with Crippen LogP contribution in [0.15, 0.2) is 18.2 Å². The molecule has 1 aromatic rings. The van der Waals surface area contributed by atoms with Crippen molar-refractivity contribution in [3.8, 4) is 11.5 Å². The average Bonchev–Trinajstić information content (AvgIpc) is 2.66. The molecule has 0 radical (unpaired) electrons. The minimum absolute atomic E-state index is 0.279. The van der Waals surface area contributed by atoms with Gasteiger partial charge in [0.2, 0.25) is 0 Å². The normalized spacial score (nSPS) is 30.7. The molecule has 1 aliphatic carbocycles. The highest BCUT2D eigenvalue weighted by Crippen LogP contribution is 2.39. The van der Waals surface area contributed by atoms with Gasteiger partial charge < -0.3 is 15.2 Å². The van der Waals surface area contributed by atoms with Crippen LogP contribution in [-0.4, -0.2) is 19.3 Å². The molecule has 3 unspecified atom stereocenters. The van der Waals surface area contributed by atoms with Gasteiger partial charge in [0.05, 0.1) is 13.2 Å². The molecule has 3 atom stereocenters. The van der Waals surface area contributed by atoms with E-state index in [0.29, 0.717) is 5.92 Å². The molecule has 1 saturated carbocycles. The molecule has 0 amide bonds. The Morgan fingerprint density at radius 3 is 2.74 bits per heavy atom. The van der Waals surface area contributed by atoms with Crippen LogP contribution in [0.2, 0.25) is 0 Å². The third-order valence-electron chi connectivity index (χ3n) is 4.37. The number of rotatable bonds is 1. The number of benzene rings is 1. The van der Waals surface area contributed by atoms with Crippen LogP contribution in [0, 0.1) is 5.92 Å². The molecule has 0 spiro atoms. The zero-order valence-corrected chi connectivity index (χ0v) is 11.6. The van der Waals surface area contributed by atoms with Gasteiger partial charge in [-0.15, -0.1) is 0 Å². The van der Waals surface area contributed by atoms with E-state index in [2.05, 4.69) is 19.1 Å². The van der Waals surface area contributed by atoms with Crippen LogP contribution >= 0.6 is 0 Å². The summed E-state index contributed by atoms with van der Waals surface area (Å²) in [6.07, 6.45) is 4.51. The summed E-state index contributed by atoms with van der Waals surface area (Å²) in [6.45, 7) is 3.80. The van der Waals surface area contributed by atoms with Crippen LogP contribution in [0.4, 0.5) is 0 Å². The third-order valence-corrected chi connectivity index (χ3v) is 4.37. The Balaban J connectivity index is 1.86. The van der Waals surface area contributed by atoms with E-state index in [1.165, 1.54) is 18.4 Å². The maximum Gasteiger partial charge on any atom is 0.161 e. The van der Waals surface area contributed by atoms with Crippen molar-refractivity contribution in [2.45, 2.75) is 44.6 Å². The fraction of sp³-hybridized carbons (Fsp3) is 0.625. The smallest absolute Gasteiger partial charge is 0.161 e. The first kappa shape index (κ1) is 12.8. The van der Waals surface area contributed by atoms with E-state index in [1.807, 2.05) is 6.07 Å². The monoisotopic (exact) mass is 261 g/mol. The summed E-state index contributed by atoms with van der Waals surface area (Å²) in [4.78, 5) is 0. The highest BCUT2D eigenvalue weighted by atomic mass is 16.5. The lowest BCUT2D eigenvalue weighted by molar-refractivity contribution is 0.296. The first-order chi connectivity index (χ1) is 9.24. The highest BCUT2D eigenvalue weighted by Gasteiger charge is 2.28. The molecule has 3 rings (SSSR count). The molecule has 2 N–H and O–H groups in total. The van der Waals surface area contributed by atoms with E-state index in [1.54, 1.807) is 0 Å². The lowest BCUT2D eigenvalue weighted by Gasteiger charge is -2.33. The summed E-state index contributed by atoms with van der Waals surface area (Å²) in [7, 11) is 0. The van der Waals surface area contributed by atoms with Crippen molar-refractivity contribution in [3.05, 3.63) is 23.8 Å². The number of fused-ring (bicyclic) bond motifs is 1. The molecular formula is C16H23NO2. The van der Waals surface area contributed by atoms with Gasteiger partial charge in [0, 0.05) is 12.5 Å². The average molecular weight is 261 g/mol. The fourth-order valence-electron chi connectivity index (χ4n) is 3.20. The molecule has 1 heterocycles. The Labute approximate surface area is 115 Å². The third kappa shape index (κ3) is 2.71. The maximum absolute atomic E-state index is 6.31. The zero-order chi connectivity index (χ0) is 13.2. The van der Waals surface area contributed by atoms with Crippen molar-refractivity contribution in [3.63, 3.8) is 0 Å². The van der Waals surface area contributed by atoms with Crippen molar-refractivity contribution in [1.29, 1.82) is 0 Å². The first-order valence-electron chi connectivity index (χ1n) is 7.39. The molecule has 0 aromatic heterocycles. The standard InChI is InChI=1S/C16H23NO2/c1-11-3-5-14(17)13(9-11)12-4-6-15-16(10-12)19-8-2-7-18-15/h4,6,10-11,13-14H,2-3,5,7-9,17H2,1H3. The summed E-state index contributed by atoms with van der Waals surface area (Å²) in [6, 6.07) is 6.63. The summed E-state index contributed by atoms with van der Waals surface area (Å²) in [5.74, 6) is 2.99. The Morgan fingerprint density at radius 2 is 1.89 bits per heavy atom. The quantitative estimate of drug-likeness (QED) is 0.845. The number of hydrogen-bond donors (Lipinski definition) is 1. The second-order valence-electron chi connectivity index (χ2n) is 5.95. The summed E-state index contributed by atoms with van der Waals surface area (Å²) in [5, 5.41) is 0. The summed E-state index contributed by atoms with van der Waals surface area (Å²) >= 11 is 0. The number of hydrogen-bond acceptors (Lipinski definition) is 3. The Morgan fingerprint density at radius 1 is 1.11 bits per heavy atom. The van der Waals surface area contributed by atoms with Gasteiger partial charge in [0.25, 0.3) is 0 Å². The minimum atomic E-state index is 0.279. The van der Waals surface area contributed by atoms with Crippen molar-refractivity contribution in [1.82, 2.24) is 0 Å². The molecule has 1 fully saturated rings. The van der Waals surface area contributed by atoms with Gasteiger partial charge >= 0.3 is 0 Å². The van der Waals surface area contributed by atoms with Crippen molar-refractivity contribution in [2.75, 3.05) is 13.2 Å². The summed E-state index contributed by atoms with van der Waals surface area (Å²) in [5.41, 5.74) is 7.62. The Hall–Kier alpha value is -1.22. The van der Waals surface area contributed by atoms with Crippen molar-refractivity contribution < 1.29 is 9.47 Å². The summed E-state index contributed by atoms with van der Waals surface area (Å²) < 4.78 is 11.5. The van der Waals surface area contributed by atoms with Crippen LogP contribution in [0.5, 0.6) is 11.5 Å². The van der Waals surface area contributed by atoms with E-state index in [-0.39, 0.29) is 6.04 Å². The van der Waals surface area contributed by atoms with Gasteiger partial charge in [-0.1, -0.05) is 13.0 Å². The molecule has 2 aliphatic rings. The first-order valence-corrected chi connectivity index (χ1v) is 7.39. The van der Waals surface area contributed by atoms with Gasteiger partial charge in [0.1, 0.15) is 0 Å². The lowest BCUT2D eigenvalue weighted by Crippen LogP contribution is -2.33. The molecule has 3 nitrogen and oxygen atoms in total. The maximum atomic E-state index is 6.31. The fourth-order valence-corrected chi connectivity index (χ4v) is 3.20. The van der Waals surface area contributed by atoms with E-state index >= 15 is 0 Å². The molecule has 0 saturated heterocycles. The molecule has 104 valence electrons. The molecule has 0 bridgehead atoms. The van der Waals surface area contributed by atoms with Gasteiger partial charge in [-0.25, -0.2) is 0 Å². The van der Waals surface area contributed by atoms with Crippen molar-refractivity contribution in [2.24, 2.45) is 11.7 Å². The minimum Gasteiger partial charge on any atom is -0.490 e. The second kappa shape index (κ2) is 5.41. The molecular weight excluding hydrogens is 238 g/mol. The predicted molar refractivity (Wildman–Crippen MR) is 75.8 cm³/mol. The van der Waals surface area contributed by atoms with Crippen molar-refractivity contribution >= 4 is 0 Å². The van der Waals surface area contributed by atoms with E-state index < -0.39 is 0 Å². The topological polar surface area (TPSA) is 44.5 Å². The SMILES string of the molecule is CC1CCC(N)C(c2ccc3c(c2)OCCCO3)C1. The molecule has 1 aromatic carbocycles. The predicted octanol–water partition coefficient (Wildman–Crippen LogP) is 3.08. The van der Waals surface area contributed by atoms with Crippen LogP contribution in [0.25, 0.3) is 0 Å². The molecule has 1 aliphatic heterocycles. The van der Waals surface area contributed by atoms with Crippen LogP contribution in [0.3, 0.4) is 0 Å². The van der Waals surface area contributed by atoms with Crippen LogP contribution in [-0.2, 0) is 0 Å². The highest BCUT2D eigenvalue weighted by molar-refractivity contribution is 5.44. The van der Waals surface area contributed by atoms with E-state index in [0.717, 1.165) is 43.5 Å². The van der Waals surface area contributed by atoms with Crippen LogP contribution < -0.4 is 15.2 Å². The number of nitrogens with two attached hydrogens (primary N) is 1. The zero-order valence-electron chi connectivity index (χ0n) is 11.6.